The van der Waals surface area contributed by atoms with Gasteiger partial charge in [0.05, 0.1) is 18.5 Å². The summed E-state index contributed by atoms with van der Waals surface area (Å²) in [4.78, 5) is 15.6. The van der Waals surface area contributed by atoms with Crippen molar-refractivity contribution in [1.29, 1.82) is 0 Å². The molecule has 1 amide bonds. The van der Waals surface area contributed by atoms with Crippen LogP contribution < -0.4 is 9.47 Å². The van der Waals surface area contributed by atoms with E-state index in [1.54, 1.807) is 12.2 Å². The molecule has 3 atom stereocenters. The molecule has 6 rings (SSSR count). The van der Waals surface area contributed by atoms with E-state index < -0.39 is 28.1 Å². The Hall–Kier alpha value is -2.87. The largest absolute Gasteiger partial charge is 0.493 e. The van der Waals surface area contributed by atoms with Crippen molar-refractivity contribution in [1.82, 2.24) is 4.90 Å². The van der Waals surface area contributed by atoms with E-state index in [4.69, 9.17) is 25.5 Å². The van der Waals surface area contributed by atoms with Crippen molar-refractivity contribution in [2.45, 2.75) is 36.9 Å². The van der Waals surface area contributed by atoms with Gasteiger partial charge in [-0.1, -0.05) is 19.1 Å². The van der Waals surface area contributed by atoms with E-state index in [-0.39, 0.29) is 24.8 Å². The minimum atomic E-state index is -4.60. The highest BCUT2D eigenvalue weighted by atomic mass is 35.5. The predicted octanol–water partition coefficient (Wildman–Crippen LogP) is 4.97. The van der Waals surface area contributed by atoms with E-state index in [0.717, 1.165) is 29.4 Å². The Kier molecular flexibility index (Phi) is 4.14. The molecule has 0 saturated carbocycles. The molecule has 4 aliphatic rings. The predicted molar refractivity (Wildman–Crippen MR) is 112 cm³/mol. The third-order valence-corrected chi connectivity index (χ3v) is 7.94. The molecule has 3 unspecified atom stereocenters. The highest BCUT2D eigenvalue weighted by molar-refractivity contribution is 6.23. The molecule has 9 heteroatoms. The maximum atomic E-state index is 14.1. The fourth-order valence-electron chi connectivity index (χ4n) is 5.60. The summed E-state index contributed by atoms with van der Waals surface area (Å²) >= 11 is 6.85. The Bertz CT molecular complexity index is 1250. The number of rotatable bonds is 2. The monoisotopic (exact) mass is 477 g/mol. The van der Waals surface area contributed by atoms with Crippen LogP contribution in [-0.2, 0) is 29.4 Å². The lowest BCUT2D eigenvalue weighted by Crippen LogP contribution is -2.51. The first-order valence-corrected chi connectivity index (χ1v) is 11.0. The third-order valence-electron chi connectivity index (χ3n) is 7.36. The average Bonchev–Trinajstić information content (AvgIpc) is 3.52. The number of alkyl halides is 4. The fraction of sp³-hybridized carbons (Fsp3) is 0.375. The minimum Gasteiger partial charge on any atom is -0.493 e. The number of fused-ring (bicyclic) bond motifs is 5. The topological polar surface area (TPSA) is 51.9 Å². The Labute approximate surface area is 192 Å². The van der Waals surface area contributed by atoms with Crippen LogP contribution in [0.4, 0.5) is 13.2 Å². The number of benzene rings is 1. The minimum absolute atomic E-state index is 0.0399. The summed E-state index contributed by atoms with van der Waals surface area (Å²) in [5, 5.41) is -0.534. The maximum Gasteiger partial charge on any atom is 0.449 e. The number of nitrogens with zero attached hydrogens (tertiary/aromatic N) is 1. The number of hydrogen-bond donors (Lipinski definition) is 0. The molecule has 1 saturated heterocycles. The van der Waals surface area contributed by atoms with Crippen LogP contribution in [0.2, 0.25) is 0 Å². The number of amides is 1. The van der Waals surface area contributed by atoms with Crippen LogP contribution in [0.3, 0.4) is 0 Å². The van der Waals surface area contributed by atoms with Gasteiger partial charge in [-0.2, -0.15) is 13.2 Å². The molecule has 5 nitrogen and oxygen atoms in total. The van der Waals surface area contributed by atoms with E-state index in [0.29, 0.717) is 18.1 Å². The Morgan fingerprint density at radius 2 is 2.03 bits per heavy atom. The third kappa shape index (κ3) is 2.58. The highest BCUT2D eigenvalue weighted by Gasteiger charge is 2.70. The van der Waals surface area contributed by atoms with Gasteiger partial charge in [0, 0.05) is 29.2 Å². The molecule has 0 radical (unpaired) electrons. The zero-order chi connectivity index (χ0) is 23.2. The van der Waals surface area contributed by atoms with Crippen LogP contribution >= 0.6 is 11.6 Å². The van der Waals surface area contributed by atoms with Crippen molar-refractivity contribution < 1.29 is 31.9 Å². The SMILES string of the molecule is CC12C(=CC=CC1Cl)N(Cc1ccc(C(F)(F)F)o1)C(=O)C21COc2cc3c(cc21)CCO3. The summed E-state index contributed by atoms with van der Waals surface area (Å²) in [7, 11) is 0. The normalized spacial score (nSPS) is 29.6. The standard InChI is InChI=1S/C24H19ClF3NO4/c1-22-18(25)3-2-4-19(22)29(11-14-5-6-20(33-14)24(26,27)28)21(30)23(22)12-32-17-10-16-13(7-8-31-16)9-15(17)23/h2-6,9-10,18H,7-8,11-12H2,1H3. The zero-order valence-corrected chi connectivity index (χ0v) is 18.3. The first-order chi connectivity index (χ1) is 15.7. The van der Waals surface area contributed by atoms with Crippen LogP contribution in [0.25, 0.3) is 0 Å². The van der Waals surface area contributed by atoms with Crippen molar-refractivity contribution in [3.05, 3.63) is 70.8 Å². The molecule has 33 heavy (non-hydrogen) atoms. The number of ether oxygens (including phenoxy) is 2. The van der Waals surface area contributed by atoms with Gasteiger partial charge in [-0.05, 0) is 29.8 Å². The van der Waals surface area contributed by atoms with Crippen molar-refractivity contribution in [2.24, 2.45) is 5.41 Å². The van der Waals surface area contributed by atoms with E-state index >= 15 is 0 Å². The summed E-state index contributed by atoms with van der Waals surface area (Å²) in [6, 6.07) is 5.91. The average molecular weight is 478 g/mol. The molecule has 1 aromatic heterocycles. The number of carbonyl (C=O) groups excluding carboxylic acids is 1. The molecule has 3 aliphatic heterocycles. The molecule has 4 heterocycles. The number of carbonyl (C=O) groups is 1. The Morgan fingerprint density at radius 1 is 1.21 bits per heavy atom. The Balaban J connectivity index is 1.48. The number of hydrogen-bond acceptors (Lipinski definition) is 4. The first-order valence-electron chi connectivity index (χ1n) is 10.6. The number of halogens is 4. The molecule has 1 fully saturated rings. The van der Waals surface area contributed by atoms with Crippen molar-refractivity contribution in [2.75, 3.05) is 13.2 Å². The van der Waals surface area contributed by atoms with Crippen LogP contribution in [0.5, 0.6) is 11.5 Å². The van der Waals surface area contributed by atoms with Gasteiger partial charge in [-0.15, -0.1) is 11.6 Å². The van der Waals surface area contributed by atoms with Gasteiger partial charge in [0.2, 0.25) is 11.7 Å². The van der Waals surface area contributed by atoms with Gasteiger partial charge in [-0.3, -0.25) is 4.79 Å². The quantitative estimate of drug-likeness (QED) is 0.573. The van der Waals surface area contributed by atoms with Crippen LogP contribution in [0.15, 0.2) is 52.6 Å². The van der Waals surface area contributed by atoms with E-state index in [9.17, 15) is 18.0 Å². The molecule has 2 aromatic rings. The van der Waals surface area contributed by atoms with Gasteiger partial charge in [0.1, 0.15) is 29.3 Å². The molecule has 172 valence electrons. The van der Waals surface area contributed by atoms with E-state index in [1.165, 1.54) is 11.0 Å². The van der Waals surface area contributed by atoms with E-state index in [1.807, 2.05) is 25.1 Å². The molecule has 1 aromatic carbocycles. The second kappa shape index (κ2) is 6.59. The lowest BCUT2D eigenvalue weighted by molar-refractivity contribution is -0.153. The van der Waals surface area contributed by atoms with E-state index in [2.05, 4.69) is 0 Å². The summed E-state index contributed by atoms with van der Waals surface area (Å²) < 4.78 is 55.9. The summed E-state index contributed by atoms with van der Waals surface area (Å²) in [5.41, 5.74) is 0.371. The van der Waals surface area contributed by atoms with Gasteiger partial charge >= 0.3 is 6.18 Å². The zero-order valence-electron chi connectivity index (χ0n) is 17.5. The number of allylic oxidation sites excluding steroid dienone is 4. The second-order valence-electron chi connectivity index (χ2n) is 8.94. The van der Waals surface area contributed by atoms with Crippen molar-refractivity contribution >= 4 is 17.5 Å². The summed E-state index contributed by atoms with van der Waals surface area (Å²) in [5.74, 6) is -0.0109. The molecule has 0 bridgehead atoms. The Morgan fingerprint density at radius 3 is 2.79 bits per heavy atom. The van der Waals surface area contributed by atoms with Gasteiger partial charge in [-0.25, -0.2) is 0 Å². The molecular weight excluding hydrogens is 459 g/mol. The smallest absolute Gasteiger partial charge is 0.449 e. The maximum absolute atomic E-state index is 14.1. The van der Waals surface area contributed by atoms with Crippen LogP contribution in [0, 0.1) is 5.41 Å². The summed E-state index contributed by atoms with van der Waals surface area (Å²) in [6.07, 6.45) is 1.52. The van der Waals surface area contributed by atoms with Gasteiger partial charge in [0.15, 0.2) is 0 Å². The van der Waals surface area contributed by atoms with Crippen molar-refractivity contribution in [3.63, 3.8) is 0 Å². The molecule has 0 N–H and O–H groups in total. The van der Waals surface area contributed by atoms with Crippen molar-refractivity contribution in [3.8, 4) is 11.5 Å². The second-order valence-corrected chi connectivity index (χ2v) is 9.41. The molecule has 1 aliphatic carbocycles. The molecule has 1 spiro atoms. The van der Waals surface area contributed by atoms with Crippen LogP contribution in [0.1, 0.15) is 29.6 Å². The van der Waals surface area contributed by atoms with Crippen LogP contribution in [-0.4, -0.2) is 29.4 Å². The number of furan rings is 1. The fourth-order valence-corrected chi connectivity index (χ4v) is 5.98. The van der Waals surface area contributed by atoms with Gasteiger partial charge in [0.25, 0.3) is 0 Å². The first kappa shape index (κ1) is 20.7. The highest BCUT2D eigenvalue weighted by Crippen LogP contribution is 2.64. The van der Waals surface area contributed by atoms with Gasteiger partial charge < -0.3 is 18.8 Å². The lowest BCUT2D eigenvalue weighted by atomic mass is 9.59. The lowest BCUT2D eigenvalue weighted by Gasteiger charge is -2.41. The summed E-state index contributed by atoms with van der Waals surface area (Å²) in [6.45, 7) is 2.42. The number of likely N-dealkylation sites (tertiary alicyclic amines) is 1. The molecular formula is C24H19ClF3NO4.